The van der Waals surface area contributed by atoms with Gasteiger partial charge < -0.3 is 15.2 Å². The number of benzene rings is 1. The smallest absolute Gasteiger partial charge is 0.407 e. The molecule has 94 valence electrons. The van der Waals surface area contributed by atoms with Crippen LogP contribution < -0.4 is 5.32 Å². The standard InChI is InChI=1S/C13H19NO3/c1-13(2,3)14-12(16)17-9-8-10-4-6-11(15)7-5-10/h4-7,15H,8-9H2,1-3H3,(H,14,16). The molecule has 1 amide bonds. The van der Waals surface area contributed by atoms with Crippen LogP contribution in [-0.4, -0.2) is 23.3 Å². The van der Waals surface area contributed by atoms with Crippen LogP contribution in [0, 0.1) is 0 Å². The summed E-state index contributed by atoms with van der Waals surface area (Å²) in [5.74, 6) is 0.236. The Morgan fingerprint density at radius 2 is 1.88 bits per heavy atom. The summed E-state index contributed by atoms with van der Waals surface area (Å²) in [5.41, 5.74) is 0.738. The molecule has 4 nitrogen and oxygen atoms in total. The molecule has 0 aromatic heterocycles. The molecule has 4 heteroatoms. The van der Waals surface area contributed by atoms with E-state index in [2.05, 4.69) is 5.32 Å². The van der Waals surface area contributed by atoms with Crippen molar-refractivity contribution in [2.45, 2.75) is 32.7 Å². The number of carbonyl (C=O) groups excluding carboxylic acids is 1. The summed E-state index contributed by atoms with van der Waals surface area (Å²) in [6, 6.07) is 6.84. The predicted molar refractivity (Wildman–Crippen MR) is 66.0 cm³/mol. The van der Waals surface area contributed by atoms with Crippen molar-refractivity contribution in [2.75, 3.05) is 6.61 Å². The van der Waals surface area contributed by atoms with E-state index < -0.39 is 6.09 Å². The van der Waals surface area contributed by atoms with Crippen molar-refractivity contribution in [3.63, 3.8) is 0 Å². The lowest BCUT2D eigenvalue weighted by atomic mass is 10.1. The molecule has 0 unspecified atom stereocenters. The molecular formula is C13H19NO3. The fraction of sp³-hybridized carbons (Fsp3) is 0.462. The van der Waals surface area contributed by atoms with Gasteiger partial charge in [-0.1, -0.05) is 12.1 Å². The summed E-state index contributed by atoms with van der Waals surface area (Å²) in [7, 11) is 0. The summed E-state index contributed by atoms with van der Waals surface area (Å²) in [5, 5.41) is 11.8. The fourth-order valence-electron chi connectivity index (χ4n) is 1.27. The molecule has 0 heterocycles. The van der Waals surface area contributed by atoms with E-state index in [0.717, 1.165) is 5.56 Å². The van der Waals surface area contributed by atoms with Crippen molar-refractivity contribution < 1.29 is 14.6 Å². The van der Waals surface area contributed by atoms with Crippen LogP contribution in [0.1, 0.15) is 26.3 Å². The number of phenolic OH excluding ortho intramolecular Hbond substituents is 1. The monoisotopic (exact) mass is 237 g/mol. The number of carbonyl (C=O) groups is 1. The summed E-state index contributed by atoms with van der Waals surface area (Å²) in [4.78, 5) is 11.3. The van der Waals surface area contributed by atoms with Gasteiger partial charge in [-0.05, 0) is 38.5 Å². The topological polar surface area (TPSA) is 58.6 Å². The summed E-state index contributed by atoms with van der Waals surface area (Å²) < 4.78 is 5.04. The van der Waals surface area contributed by atoms with Gasteiger partial charge in [-0.2, -0.15) is 0 Å². The second kappa shape index (κ2) is 5.57. The first-order chi connectivity index (χ1) is 7.87. The minimum absolute atomic E-state index is 0.236. The third-order valence-corrected chi connectivity index (χ3v) is 2.04. The number of hydrogen-bond acceptors (Lipinski definition) is 3. The SMILES string of the molecule is CC(C)(C)NC(=O)OCCc1ccc(O)cc1. The quantitative estimate of drug-likeness (QED) is 0.849. The Labute approximate surface area is 102 Å². The molecule has 0 aliphatic heterocycles. The Bertz CT molecular complexity index is 365. The van der Waals surface area contributed by atoms with E-state index in [9.17, 15) is 4.79 Å². The number of amides is 1. The first-order valence-electron chi connectivity index (χ1n) is 5.60. The molecule has 0 aliphatic carbocycles. The normalized spacial score (nSPS) is 11.0. The molecular weight excluding hydrogens is 218 g/mol. The van der Waals surface area contributed by atoms with Gasteiger partial charge in [-0.3, -0.25) is 0 Å². The van der Waals surface area contributed by atoms with Crippen LogP contribution in [0.15, 0.2) is 24.3 Å². The highest BCUT2D eigenvalue weighted by atomic mass is 16.5. The lowest BCUT2D eigenvalue weighted by molar-refractivity contribution is 0.139. The first-order valence-corrected chi connectivity index (χ1v) is 5.60. The molecule has 0 aliphatic rings. The second-order valence-corrected chi connectivity index (χ2v) is 4.93. The summed E-state index contributed by atoms with van der Waals surface area (Å²) in [6.07, 6.45) is 0.231. The second-order valence-electron chi connectivity index (χ2n) is 4.93. The number of nitrogens with one attached hydrogen (secondary N) is 1. The molecule has 1 rings (SSSR count). The third-order valence-electron chi connectivity index (χ3n) is 2.04. The van der Waals surface area contributed by atoms with Crippen LogP contribution in [0.3, 0.4) is 0 Å². The molecule has 2 N–H and O–H groups in total. The van der Waals surface area contributed by atoms with Crippen molar-refractivity contribution in [2.24, 2.45) is 0 Å². The third kappa shape index (κ3) is 5.80. The molecule has 0 spiro atoms. The zero-order valence-corrected chi connectivity index (χ0v) is 10.5. The van der Waals surface area contributed by atoms with Gasteiger partial charge in [-0.25, -0.2) is 4.79 Å². The van der Waals surface area contributed by atoms with Crippen LogP contribution in [0.2, 0.25) is 0 Å². The maximum atomic E-state index is 11.3. The van der Waals surface area contributed by atoms with E-state index in [1.807, 2.05) is 20.8 Å². The van der Waals surface area contributed by atoms with Gasteiger partial charge in [0.2, 0.25) is 0 Å². The average Bonchev–Trinajstić information content (AvgIpc) is 2.18. The van der Waals surface area contributed by atoms with Crippen molar-refractivity contribution in [1.29, 1.82) is 0 Å². The van der Waals surface area contributed by atoms with Crippen molar-refractivity contribution in [3.05, 3.63) is 29.8 Å². The Morgan fingerprint density at radius 3 is 2.41 bits per heavy atom. The number of aromatic hydroxyl groups is 1. The van der Waals surface area contributed by atoms with E-state index in [1.165, 1.54) is 0 Å². The molecule has 0 saturated heterocycles. The zero-order valence-electron chi connectivity index (χ0n) is 10.5. The van der Waals surface area contributed by atoms with Crippen LogP contribution in [0.25, 0.3) is 0 Å². The van der Waals surface area contributed by atoms with E-state index >= 15 is 0 Å². The van der Waals surface area contributed by atoms with E-state index in [-0.39, 0.29) is 11.3 Å². The van der Waals surface area contributed by atoms with Gasteiger partial charge in [0.1, 0.15) is 5.75 Å². The fourth-order valence-corrected chi connectivity index (χ4v) is 1.27. The van der Waals surface area contributed by atoms with Crippen LogP contribution in [0.5, 0.6) is 5.75 Å². The van der Waals surface area contributed by atoms with Gasteiger partial charge in [0, 0.05) is 12.0 Å². The molecule has 0 bridgehead atoms. The molecule has 0 saturated carbocycles. The number of rotatable bonds is 3. The van der Waals surface area contributed by atoms with E-state index in [0.29, 0.717) is 13.0 Å². The molecule has 0 radical (unpaired) electrons. The minimum atomic E-state index is -0.406. The Morgan fingerprint density at radius 1 is 1.29 bits per heavy atom. The molecule has 1 aromatic carbocycles. The van der Waals surface area contributed by atoms with Crippen molar-refractivity contribution >= 4 is 6.09 Å². The maximum Gasteiger partial charge on any atom is 0.407 e. The van der Waals surface area contributed by atoms with Crippen LogP contribution >= 0.6 is 0 Å². The highest BCUT2D eigenvalue weighted by Crippen LogP contribution is 2.10. The van der Waals surface area contributed by atoms with Gasteiger partial charge in [0.15, 0.2) is 0 Å². The van der Waals surface area contributed by atoms with Crippen LogP contribution in [0.4, 0.5) is 4.79 Å². The Hall–Kier alpha value is -1.71. The average molecular weight is 237 g/mol. The minimum Gasteiger partial charge on any atom is -0.508 e. The van der Waals surface area contributed by atoms with Gasteiger partial charge in [0.05, 0.1) is 6.61 Å². The van der Waals surface area contributed by atoms with Crippen molar-refractivity contribution in [1.82, 2.24) is 5.32 Å². The summed E-state index contributed by atoms with van der Waals surface area (Å²) >= 11 is 0. The van der Waals surface area contributed by atoms with Gasteiger partial charge in [-0.15, -0.1) is 0 Å². The number of ether oxygens (including phenoxy) is 1. The van der Waals surface area contributed by atoms with Crippen molar-refractivity contribution in [3.8, 4) is 5.75 Å². The highest BCUT2D eigenvalue weighted by molar-refractivity contribution is 5.68. The first kappa shape index (κ1) is 13.4. The molecule has 1 aromatic rings. The van der Waals surface area contributed by atoms with Gasteiger partial charge in [0.25, 0.3) is 0 Å². The number of phenols is 1. The van der Waals surface area contributed by atoms with Gasteiger partial charge >= 0.3 is 6.09 Å². The molecule has 0 fully saturated rings. The Balaban J connectivity index is 2.28. The number of hydrogen-bond donors (Lipinski definition) is 2. The molecule has 17 heavy (non-hydrogen) atoms. The lowest BCUT2D eigenvalue weighted by Crippen LogP contribution is -2.41. The maximum absolute atomic E-state index is 11.3. The summed E-state index contributed by atoms with van der Waals surface area (Å²) in [6.45, 7) is 6.02. The Kier molecular flexibility index (Phi) is 4.37. The highest BCUT2D eigenvalue weighted by Gasteiger charge is 2.14. The zero-order chi connectivity index (χ0) is 12.9. The van der Waals surface area contributed by atoms with E-state index in [4.69, 9.17) is 9.84 Å². The van der Waals surface area contributed by atoms with E-state index in [1.54, 1.807) is 24.3 Å². The largest absolute Gasteiger partial charge is 0.508 e. The molecule has 0 atom stereocenters. The lowest BCUT2D eigenvalue weighted by Gasteiger charge is -2.19. The number of alkyl carbamates (subject to hydrolysis) is 1. The van der Waals surface area contributed by atoms with Crippen LogP contribution in [-0.2, 0) is 11.2 Å². The predicted octanol–water partition coefficient (Wildman–Crippen LogP) is 2.46.